The standard InChI is InChI=1S/C29H25F4N5O5/c30-18-4-5-25(22(31)10-18)42-20-3-1-2-16(9-20)27(40)36-14-26(39)38-15-21(43-29(32)33)11-24(38)28(41)35-13-19-8-17-12-34-7-6-23(17)37-19/h1-10,12,21,24,29,37H,11,13-15H2,(H,35,41)(H,36,40)/t21-,24+/m1/s1. The van der Waals surface area contributed by atoms with E-state index in [-0.39, 0.29) is 36.6 Å². The number of hydrogen-bond donors (Lipinski definition) is 3. The van der Waals surface area contributed by atoms with Gasteiger partial charge in [-0.15, -0.1) is 0 Å². The quantitative estimate of drug-likeness (QED) is 0.238. The predicted octanol–water partition coefficient (Wildman–Crippen LogP) is 3.89. The number of halogens is 4. The molecule has 0 spiro atoms. The van der Waals surface area contributed by atoms with Crippen LogP contribution in [0.5, 0.6) is 11.5 Å². The summed E-state index contributed by atoms with van der Waals surface area (Å²) in [4.78, 5) is 47.1. The minimum absolute atomic E-state index is 0.0657. The van der Waals surface area contributed by atoms with Crippen LogP contribution in [0.3, 0.4) is 0 Å². The van der Waals surface area contributed by atoms with Crippen molar-refractivity contribution >= 4 is 28.6 Å². The number of fused-ring (bicyclic) bond motifs is 1. The molecule has 0 saturated carbocycles. The second kappa shape index (κ2) is 12.9. The molecule has 3 N–H and O–H groups in total. The van der Waals surface area contributed by atoms with Crippen LogP contribution in [0.4, 0.5) is 17.6 Å². The van der Waals surface area contributed by atoms with Crippen LogP contribution in [0.25, 0.3) is 10.9 Å². The van der Waals surface area contributed by atoms with Crippen LogP contribution in [0.15, 0.2) is 67.0 Å². The number of pyridine rings is 1. The number of aromatic nitrogens is 2. The third-order valence-electron chi connectivity index (χ3n) is 6.73. The Morgan fingerprint density at radius 3 is 2.67 bits per heavy atom. The molecule has 3 amide bonds. The molecule has 1 saturated heterocycles. The topological polar surface area (TPSA) is 126 Å². The Balaban J connectivity index is 1.20. The van der Waals surface area contributed by atoms with Crippen molar-refractivity contribution in [2.45, 2.75) is 31.7 Å². The van der Waals surface area contributed by atoms with Crippen molar-refractivity contribution in [3.8, 4) is 11.5 Å². The zero-order valence-electron chi connectivity index (χ0n) is 22.4. The highest BCUT2D eigenvalue weighted by molar-refractivity contribution is 5.97. The number of carbonyl (C=O) groups excluding carboxylic acids is 3. The zero-order chi connectivity index (χ0) is 30.5. The van der Waals surface area contributed by atoms with Gasteiger partial charge in [-0.3, -0.25) is 19.4 Å². The molecule has 43 heavy (non-hydrogen) atoms. The molecule has 0 radical (unpaired) electrons. The molecule has 0 unspecified atom stereocenters. The van der Waals surface area contributed by atoms with Gasteiger partial charge < -0.3 is 30.0 Å². The number of aromatic amines is 1. The molecule has 2 aromatic carbocycles. The van der Waals surface area contributed by atoms with Gasteiger partial charge in [-0.1, -0.05) is 6.07 Å². The van der Waals surface area contributed by atoms with Gasteiger partial charge in [-0.2, -0.15) is 8.78 Å². The Bertz CT molecular complexity index is 1620. The molecule has 0 aliphatic carbocycles. The number of carbonyl (C=O) groups is 3. The van der Waals surface area contributed by atoms with Crippen molar-refractivity contribution in [2.75, 3.05) is 13.1 Å². The molecule has 4 aromatic rings. The molecule has 1 aliphatic rings. The number of likely N-dealkylation sites (tertiary alicyclic amines) is 1. The summed E-state index contributed by atoms with van der Waals surface area (Å²) < 4.78 is 62.9. The van der Waals surface area contributed by atoms with Gasteiger partial charge in [0.05, 0.1) is 19.2 Å². The maximum Gasteiger partial charge on any atom is 0.345 e. The average Bonchev–Trinajstić information content (AvgIpc) is 3.60. The maximum atomic E-state index is 13.9. The van der Waals surface area contributed by atoms with Crippen LogP contribution in [-0.4, -0.2) is 64.4 Å². The van der Waals surface area contributed by atoms with Gasteiger partial charge in [-0.05, 0) is 42.5 Å². The SMILES string of the molecule is O=C(NCC(=O)N1C[C@H](OC(F)F)C[C@H]1C(=O)NCc1cc2cnccc2[nH]1)c1cccc(Oc2ccc(F)cc2F)c1. The minimum atomic E-state index is -3.10. The van der Waals surface area contributed by atoms with E-state index in [0.717, 1.165) is 27.9 Å². The smallest absolute Gasteiger partial charge is 0.345 e. The van der Waals surface area contributed by atoms with Gasteiger partial charge in [0.15, 0.2) is 11.6 Å². The molecule has 0 bridgehead atoms. The number of nitrogens with zero attached hydrogens (tertiary/aromatic N) is 2. The van der Waals surface area contributed by atoms with Gasteiger partial charge in [0.2, 0.25) is 11.8 Å². The number of amides is 3. The van der Waals surface area contributed by atoms with Gasteiger partial charge in [-0.25, -0.2) is 8.78 Å². The Labute approximate surface area is 242 Å². The molecule has 1 aliphatic heterocycles. The van der Waals surface area contributed by atoms with E-state index in [2.05, 4.69) is 25.3 Å². The van der Waals surface area contributed by atoms with Crippen molar-refractivity contribution in [1.29, 1.82) is 0 Å². The van der Waals surface area contributed by atoms with E-state index >= 15 is 0 Å². The number of H-pyrrole nitrogens is 1. The van der Waals surface area contributed by atoms with E-state index in [1.807, 2.05) is 0 Å². The summed E-state index contributed by atoms with van der Waals surface area (Å²) in [5, 5.41) is 5.98. The monoisotopic (exact) mass is 599 g/mol. The van der Waals surface area contributed by atoms with Gasteiger partial charge in [0, 0.05) is 53.6 Å². The van der Waals surface area contributed by atoms with E-state index in [1.165, 1.54) is 24.3 Å². The summed E-state index contributed by atoms with van der Waals surface area (Å²) in [5.74, 6) is -3.83. The number of ether oxygens (including phenoxy) is 2. The number of hydrogen-bond acceptors (Lipinski definition) is 6. The zero-order valence-corrected chi connectivity index (χ0v) is 22.4. The Morgan fingerprint density at radius 2 is 1.91 bits per heavy atom. The lowest BCUT2D eigenvalue weighted by Gasteiger charge is -2.24. The Hall–Kier alpha value is -4.98. The molecule has 224 valence electrons. The summed E-state index contributed by atoms with van der Waals surface area (Å²) in [5.41, 5.74) is 1.56. The van der Waals surface area contributed by atoms with Crippen molar-refractivity contribution in [1.82, 2.24) is 25.5 Å². The summed E-state index contributed by atoms with van der Waals surface area (Å²) in [6.45, 7) is -3.83. The highest BCUT2D eigenvalue weighted by Gasteiger charge is 2.41. The van der Waals surface area contributed by atoms with Crippen LogP contribution < -0.4 is 15.4 Å². The number of rotatable bonds is 10. The molecule has 3 heterocycles. The summed E-state index contributed by atoms with van der Waals surface area (Å²) in [7, 11) is 0. The molecule has 2 aromatic heterocycles. The second-order valence-electron chi connectivity index (χ2n) is 9.68. The van der Waals surface area contributed by atoms with Crippen molar-refractivity contribution < 1.29 is 41.4 Å². The number of benzene rings is 2. The fraction of sp³-hybridized carbons (Fsp3) is 0.241. The van der Waals surface area contributed by atoms with Crippen LogP contribution in [0, 0.1) is 11.6 Å². The molecule has 1 fully saturated rings. The first-order valence-electron chi connectivity index (χ1n) is 13.1. The third-order valence-corrected chi connectivity index (χ3v) is 6.73. The lowest BCUT2D eigenvalue weighted by Crippen LogP contribution is -2.49. The molecule has 10 nitrogen and oxygen atoms in total. The second-order valence-corrected chi connectivity index (χ2v) is 9.68. The minimum Gasteiger partial charge on any atom is -0.454 e. The fourth-order valence-corrected chi connectivity index (χ4v) is 4.74. The van der Waals surface area contributed by atoms with Crippen LogP contribution >= 0.6 is 0 Å². The van der Waals surface area contributed by atoms with Crippen LogP contribution in [-0.2, 0) is 20.9 Å². The predicted molar refractivity (Wildman–Crippen MR) is 144 cm³/mol. The van der Waals surface area contributed by atoms with Crippen molar-refractivity contribution in [3.05, 3.63) is 89.9 Å². The highest BCUT2D eigenvalue weighted by atomic mass is 19.3. The molecule has 5 rings (SSSR count). The third kappa shape index (κ3) is 7.27. The first-order chi connectivity index (χ1) is 20.7. The largest absolute Gasteiger partial charge is 0.454 e. The van der Waals surface area contributed by atoms with Gasteiger partial charge >= 0.3 is 6.61 Å². The van der Waals surface area contributed by atoms with Gasteiger partial charge in [0.25, 0.3) is 5.91 Å². The highest BCUT2D eigenvalue weighted by Crippen LogP contribution is 2.26. The Morgan fingerprint density at radius 1 is 1.07 bits per heavy atom. The van der Waals surface area contributed by atoms with Crippen molar-refractivity contribution in [2.24, 2.45) is 0 Å². The van der Waals surface area contributed by atoms with Crippen LogP contribution in [0.2, 0.25) is 0 Å². The fourth-order valence-electron chi connectivity index (χ4n) is 4.74. The van der Waals surface area contributed by atoms with E-state index in [9.17, 15) is 31.9 Å². The average molecular weight is 600 g/mol. The summed E-state index contributed by atoms with van der Waals surface area (Å²) in [6.07, 6.45) is 2.02. The number of nitrogens with one attached hydrogen (secondary N) is 3. The lowest BCUT2D eigenvalue weighted by atomic mass is 10.1. The first kappa shape index (κ1) is 29.5. The van der Waals surface area contributed by atoms with E-state index < -0.39 is 54.7 Å². The van der Waals surface area contributed by atoms with Gasteiger partial charge in [0.1, 0.15) is 17.6 Å². The summed E-state index contributed by atoms with van der Waals surface area (Å²) >= 11 is 0. The Kier molecular flexibility index (Phi) is 8.85. The number of alkyl halides is 2. The molecule has 14 heteroatoms. The van der Waals surface area contributed by atoms with Crippen molar-refractivity contribution in [3.63, 3.8) is 0 Å². The summed E-state index contributed by atoms with van der Waals surface area (Å²) in [6, 6.07) is 10.9. The molecular formula is C29H25F4N5O5. The molecular weight excluding hydrogens is 574 g/mol. The van der Waals surface area contributed by atoms with Crippen LogP contribution in [0.1, 0.15) is 22.5 Å². The van der Waals surface area contributed by atoms with E-state index in [0.29, 0.717) is 11.8 Å². The lowest BCUT2D eigenvalue weighted by molar-refractivity contribution is -0.160. The van der Waals surface area contributed by atoms with E-state index in [1.54, 1.807) is 24.5 Å². The van der Waals surface area contributed by atoms with E-state index in [4.69, 9.17) is 4.74 Å². The molecule has 2 atom stereocenters. The first-order valence-corrected chi connectivity index (χ1v) is 13.1. The maximum absolute atomic E-state index is 13.9. The normalized spacial score (nSPS) is 16.4.